The van der Waals surface area contributed by atoms with Crippen LogP contribution in [0.1, 0.15) is 42.5 Å². The number of piperidine rings is 1. The summed E-state index contributed by atoms with van der Waals surface area (Å²) in [6.07, 6.45) is 3.39. The van der Waals surface area contributed by atoms with Crippen LogP contribution in [0.4, 0.5) is 13.9 Å². The van der Waals surface area contributed by atoms with E-state index in [4.69, 9.17) is 4.74 Å². The molecule has 0 saturated carbocycles. The van der Waals surface area contributed by atoms with Crippen molar-refractivity contribution in [2.45, 2.75) is 36.2 Å². The molecule has 1 fully saturated rings. The molecule has 1 N–H and O–H groups in total. The zero-order valence-electron chi connectivity index (χ0n) is 18.2. The Morgan fingerprint density at radius 3 is 2.71 bits per heavy atom. The average Bonchev–Trinajstić information content (AvgIpc) is 3.36. The van der Waals surface area contributed by atoms with Gasteiger partial charge in [0.25, 0.3) is 10.0 Å². The number of aromatic nitrogens is 2. The minimum atomic E-state index is -3.84. The van der Waals surface area contributed by atoms with Gasteiger partial charge < -0.3 is 4.74 Å². The molecule has 3 heterocycles. The maximum atomic E-state index is 13.6. The molecule has 0 bridgehead atoms. The first-order valence-electron chi connectivity index (χ1n) is 11.1. The first-order chi connectivity index (χ1) is 16.4. The van der Waals surface area contributed by atoms with Crippen LogP contribution in [0.25, 0.3) is 0 Å². The van der Waals surface area contributed by atoms with Crippen LogP contribution in [0.3, 0.4) is 0 Å². The molecule has 11 heteroatoms. The smallest absolute Gasteiger partial charge is 0.263 e. The number of sulfonamides is 1. The summed E-state index contributed by atoms with van der Waals surface area (Å²) in [6.45, 7) is 0.752. The zero-order chi connectivity index (χ0) is 23.7. The van der Waals surface area contributed by atoms with Crippen molar-refractivity contribution in [2.75, 3.05) is 24.5 Å². The fourth-order valence-corrected chi connectivity index (χ4v) is 6.51. The molecule has 3 atom stereocenters. The summed E-state index contributed by atoms with van der Waals surface area (Å²) in [5, 5.41) is 0.189. The molecular formula is C23H24F2N4O3S2. The molecule has 3 aromatic rings. The van der Waals surface area contributed by atoms with E-state index in [1.165, 1.54) is 24.5 Å². The lowest BCUT2D eigenvalue weighted by Crippen LogP contribution is -2.41. The molecule has 180 valence electrons. The highest BCUT2D eigenvalue weighted by molar-refractivity contribution is 7.93. The molecule has 1 saturated heterocycles. The third-order valence-corrected chi connectivity index (χ3v) is 8.56. The van der Waals surface area contributed by atoms with E-state index in [0.717, 1.165) is 35.5 Å². The standard InChI is InChI=1S/C23H24F2N4O3S2/c24-13-15-7-9-29(21(11-15)16-1-3-17(25)4-2-16)20-8-10-32-22-12-18(5-6-19(20)22)34(30,31)28-23-26-14-27-33-23/h1-6,12,14-15,20-21H,7-11,13H2,(H,26,27,28)/t15-,20-,21+/m0/s1. The highest BCUT2D eigenvalue weighted by Gasteiger charge is 2.37. The number of hydrogen-bond donors (Lipinski definition) is 1. The van der Waals surface area contributed by atoms with E-state index in [-0.39, 0.29) is 40.5 Å². The van der Waals surface area contributed by atoms with Crippen molar-refractivity contribution < 1.29 is 21.9 Å². The lowest BCUT2D eigenvalue weighted by atomic mass is 9.85. The molecule has 1 aromatic heterocycles. The van der Waals surface area contributed by atoms with Crippen LogP contribution in [-0.4, -0.2) is 42.5 Å². The third kappa shape index (κ3) is 4.64. The van der Waals surface area contributed by atoms with Crippen molar-refractivity contribution in [1.82, 2.24) is 14.3 Å². The van der Waals surface area contributed by atoms with Crippen LogP contribution in [0.15, 0.2) is 53.7 Å². The van der Waals surface area contributed by atoms with E-state index in [0.29, 0.717) is 25.3 Å². The van der Waals surface area contributed by atoms with Gasteiger partial charge in [0.05, 0.1) is 18.2 Å². The largest absolute Gasteiger partial charge is 0.493 e. The quantitative estimate of drug-likeness (QED) is 0.521. The monoisotopic (exact) mass is 506 g/mol. The molecule has 2 aliphatic rings. The van der Waals surface area contributed by atoms with Gasteiger partial charge in [0.1, 0.15) is 17.9 Å². The zero-order valence-corrected chi connectivity index (χ0v) is 19.9. The van der Waals surface area contributed by atoms with E-state index in [9.17, 15) is 17.2 Å². The van der Waals surface area contributed by atoms with Gasteiger partial charge in [0.15, 0.2) is 0 Å². The summed E-state index contributed by atoms with van der Waals surface area (Å²) in [4.78, 5) is 6.28. The molecule has 0 unspecified atom stereocenters. The van der Waals surface area contributed by atoms with Crippen LogP contribution >= 0.6 is 11.5 Å². The lowest BCUT2D eigenvalue weighted by molar-refractivity contribution is 0.0394. The lowest BCUT2D eigenvalue weighted by Gasteiger charge is -2.45. The first-order valence-corrected chi connectivity index (χ1v) is 13.3. The van der Waals surface area contributed by atoms with Gasteiger partial charge in [-0.05, 0) is 49.1 Å². The Hall–Kier alpha value is -2.63. The van der Waals surface area contributed by atoms with Gasteiger partial charge in [-0.3, -0.25) is 14.0 Å². The van der Waals surface area contributed by atoms with Gasteiger partial charge in [0, 0.05) is 41.7 Å². The summed E-state index contributed by atoms with van der Waals surface area (Å²) < 4.78 is 64.8. The molecule has 0 amide bonds. The fraction of sp³-hybridized carbons (Fsp3) is 0.391. The van der Waals surface area contributed by atoms with E-state index in [2.05, 4.69) is 19.0 Å². The number of likely N-dealkylation sites (tertiary alicyclic amines) is 1. The maximum Gasteiger partial charge on any atom is 0.263 e. The molecule has 0 radical (unpaired) electrons. The highest BCUT2D eigenvalue weighted by atomic mass is 32.2. The molecule has 5 rings (SSSR count). The number of nitrogens with zero attached hydrogens (tertiary/aromatic N) is 3. The van der Waals surface area contributed by atoms with Crippen LogP contribution in [0.2, 0.25) is 0 Å². The second kappa shape index (κ2) is 9.55. The van der Waals surface area contributed by atoms with E-state index in [1.54, 1.807) is 24.3 Å². The Morgan fingerprint density at radius 1 is 1.15 bits per heavy atom. The van der Waals surface area contributed by atoms with Crippen LogP contribution < -0.4 is 9.46 Å². The van der Waals surface area contributed by atoms with Gasteiger partial charge >= 0.3 is 0 Å². The normalized spacial score (nSPS) is 23.2. The van der Waals surface area contributed by atoms with Crippen LogP contribution in [0, 0.1) is 11.7 Å². The van der Waals surface area contributed by atoms with E-state index >= 15 is 0 Å². The van der Waals surface area contributed by atoms with Crippen molar-refractivity contribution in [3.63, 3.8) is 0 Å². The molecule has 0 aliphatic carbocycles. The van der Waals surface area contributed by atoms with Crippen LogP contribution in [0.5, 0.6) is 5.75 Å². The highest BCUT2D eigenvalue weighted by Crippen LogP contribution is 2.45. The van der Waals surface area contributed by atoms with Crippen molar-refractivity contribution in [1.29, 1.82) is 0 Å². The molecule has 34 heavy (non-hydrogen) atoms. The Labute approximate surface area is 201 Å². The van der Waals surface area contributed by atoms with E-state index in [1.807, 2.05) is 0 Å². The van der Waals surface area contributed by atoms with Crippen molar-refractivity contribution in [3.8, 4) is 5.75 Å². The summed E-state index contributed by atoms with van der Waals surface area (Å²) in [5.74, 6) is 0.173. The second-order valence-corrected chi connectivity index (χ2v) is 11.0. The number of ether oxygens (including phenoxy) is 1. The van der Waals surface area contributed by atoms with Gasteiger partial charge in [0.2, 0.25) is 5.13 Å². The molecular weight excluding hydrogens is 482 g/mol. The summed E-state index contributed by atoms with van der Waals surface area (Å²) in [5.41, 5.74) is 1.85. The van der Waals surface area contributed by atoms with Crippen molar-refractivity contribution in [2.24, 2.45) is 5.92 Å². The summed E-state index contributed by atoms with van der Waals surface area (Å²) in [7, 11) is -3.84. The van der Waals surface area contributed by atoms with Crippen molar-refractivity contribution >= 4 is 26.7 Å². The molecule has 0 spiro atoms. The Bertz CT molecular complexity index is 1240. The number of halogens is 2. The van der Waals surface area contributed by atoms with Gasteiger partial charge in [-0.1, -0.05) is 18.2 Å². The topological polar surface area (TPSA) is 84.4 Å². The third-order valence-electron chi connectivity index (χ3n) is 6.51. The van der Waals surface area contributed by atoms with E-state index < -0.39 is 10.0 Å². The minimum absolute atomic E-state index is 0.0211. The van der Waals surface area contributed by atoms with Gasteiger partial charge in [-0.25, -0.2) is 17.8 Å². The fourth-order valence-electron chi connectivity index (χ4n) is 4.84. The molecule has 2 aliphatic heterocycles. The Morgan fingerprint density at radius 2 is 1.97 bits per heavy atom. The number of anilines is 1. The number of nitrogens with one attached hydrogen (secondary N) is 1. The SMILES string of the molecule is O=S(=O)(Nc1ncns1)c1ccc2c(c1)OCC[C@@H]2N1CC[C@H](CF)C[C@@H]1c1ccc(F)cc1. The van der Waals surface area contributed by atoms with Gasteiger partial charge in [-0.2, -0.15) is 4.37 Å². The molecule has 7 nitrogen and oxygen atoms in total. The second-order valence-electron chi connectivity index (χ2n) is 8.55. The molecule has 2 aromatic carbocycles. The first kappa shape index (κ1) is 23.1. The average molecular weight is 507 g/mol. The predicted octanol–water partition coefficient (Wildman–Crippen LogP) is 4.72. The maximum absolute atomic E-state index is 13.6. The Balaban J connectivity index is 1.45. The number of benzene rings is 2. The minimum Gasteiger partial charge on any atom is -0.493 e. The summed E-state index contributed by atoms with van der Waals surface area (Å²) >= 11 is 0.954. The number of alkyl halides is 1. The van der Waals surface area contributed by atoms with Crippen LogP contribution in [-0.2, 0) is 10.0 Å². The predicted molar refractivity (Wildman–Crippen MR) is 125 cm³/mol. The number of rotatable bonds is 6. The number of fused-ring (bicyclic) bond motifs is 1. The summed E-state index contributed by atoms with van der Waals surface area (Å²) in [6, 6.07) is 11.2. The number of hydrogen-bond acceptors (Lipinski definition) is 7. The Kier molecular flexibility index (Phi) is 6.50. The van der Waals surface area contributed by atoms with Gasteiger partial charge in [-0.15, -0.1) is 0 Å². The van der Waals surface area contributed by atoms with Crippen molar-refractivity contribution in [3.05, 3.63) is 65.7 Å².